The molecule has 2 aromatic carbocycles. The van der Waals surface area contributed by atoms with E-state index in [-0.39, 0.29) is 0 Å². The van der Waals surface area contributed by atoms with Crippen LogP contribution < -0.4 is 14.8 Å². The molecule has 0 atom stereocenters. The highest BCUT2D eigenvalue weighted by molar-refractivity contribution is 5.71. The molecule has 8 nitrogen and oxygen atoms in total. The largest absolute Gasteiger partial charge is 0.494 e. The van der Waals surface area contributed by atoms with Gasteiger partial charge in [-0.2, -0.15) is 4.68 Å². The van der Waals surface area contributed by atoms with Crippen LogP contribution in [-0.4, -0.2) is 33.4 Å². The predicted octanol–water partition coefficient (Wildman–Crippen LogP) is 3.62. The second-order valence-electron chi connectivity index (χ2n) is 7.06. The van der Waals surface area contributed by atoms with Crippen molar-refractivity contribution in [2.75, 3.05) is 7.11 Å². The molecular weight excluding hydrogens is 370 g/mol. The molecule has 0 bridgehead atoms. The fourth-order valence-corrected chi connectivity index (χ4v) is 3.83. The van der Waals surface area contributed by atoms with Gasteiger partial charge in [-0.05, 0) is 47.5 Å². The number of benzene rings is 2. The molecule has 8 heteroatoms. The number of ether oxygens (including phenoxy) is 2. The van der Waals surface area contributed by atoms with Gasteiger partial charge in [-0.25, -0.2) is 4.79 Å². The Morgan fingerprint density at radius 2 is 1.76 bits per heavy atom. The van der Waals surface area contributed by atoms with Gasteiger partial charge in [0, 0.05) is 0 Å². The van der Waals surface area contributed by atoms with Crippen molar-refractivity contribution in [1.82, 2.24) is 25.5 Å². The summed E-state index contributed by atoms with van der Waals surface area (Å²) in [7, 11) is 1.61. The van der Waals surface area contributed by atoms with E-state index in [9.17, 15) is 4.79 Å². The van der Waals surface area contributed by atoms with Crippen molar-refractivity contribution in [3.8, 4) is 17.2 Å². The summed E-state index contributed by atoms with van der Waals surface area (Å²) in [5.74, 6) is 1.71. The van der Waals surface area contributed by atoms with Crippen LogP contribution in [0.4, 0.5) is 4.79 Å². The summed E-state index contributed by atoms with van der Waals surface area (Å²) in [4.78, 5) is 12.7. The Morgan fingerprint density at radius 3 is 2.52 bits per heavy atom. The fourth-order valence-electron chi connectivity index (χ4n) is 3.83. The zero-order valence-electron chi connectivity index (χ0n) is 16.2. The minimum atomic E-state index is -0.714. The van der Waals surface area contributed by atoms with Crippen LogP contribution in [0, 0.1) is 0 Å². The maximum atomic E-state index is 12.7. The smallest absolute Gasteiger partial charge is 0.413 e. The lowest BCUT2D eigenvalue weighted by Crippen LogP contribution is -2.50. The van der Waals surface area contributed by atoms with Gasteiger partial charge < -0.3 is 14.8 Å². The molecule has 29 heavy (non-hydrogen) atoms. The van der Waals surface area contributed by atoms with Gasteiger partial charge in [-0.1, -0.05) is 49.6 Å². The van der Waals surface area contributed by atoms with E-state index in [1.165, 1.54) is 0 Å². The summed E-state index contributed by atoms with van der Waals surface area (Å²) >= 11 is 0. The molecule has 1 fully saturated rings. The van der Waals surface area contributed by atoms with Crippen LogP contribution in [0.2, 0.25) is 0 Å². The number of nitrogens with one attached hydrogen (secondary N) is 1. The Bertz CT molecular complexity index is 967. The topological polar surface area (TPSA) is 91.2 Å². The lowest BCUT2D eigenvalue weighted by Gasteiger charge is -2.36. The third-order valence-electron chi connectivity index (χ3n) is 5.21. The van der Waals surface area contributed by atoms with E-state index in [4.69, 9.17) is 9.47 Å². The number of carbonyl (C=O) groups excluding carboxylic acids is 1. The van der Waals surface area contributed by atoms with Gasteiger partial charge in [0.15, 0.2) is 5.82 Å². The first-order valence-electron chi connectivity index (χ1n) is 9.69. The molecule has 1 N–H and O–H groups in total. The van der Waals surface area contributed by atoms with E-state index >= 15 is 0 Å². The molecule has 1 aromatic heterocycles. The third kappa shape index (κ3) is 3.91. The average molecular weight is 393 g/mol. The molecule has 0 saturated heterocycles. The Hall–Kier alpha value is -3.42. The van der Waals surface area contributed by atoms with Crippen LogP contribution in [0.5, 0.6) is 11.5 Å². The summed E-state index contributed by atoms with van der Waals surface area (Å²) in [5.41, 5.74) is 0.00671. The molecule has 150 valence electrons. The first-order valence-corrected chi connectivity index (χ1v) is 9.69. The van der Waals surface area contributed by atoms with Crippen molar-refractivity contribution in [2.45, 2.75) is 37.6 Å². The first-order chi connectivity index (χ1) is 14.2. The highest BCUT2D eigenvalue weighted by Gasteiger charge is 2.41. The second-order valence-corrected chi connectivity index (χ2v) is 7.06. The van der Waals surface area contributed by atoms with Gasteiger partial charge in [-0.3, -0.25) is 0 Å². The molecule has 1 heterocycles. The number of nitrogens with zero attached hydrogens (tertiary/aromatic N) is 4. The molecule has 0 unspecified atom stereocenters. The van der Waals surface area contributed by atoms with Crippen molar-refractivity contribution in [3.63, 3.8) is 0 Å². The van der Waals surface area contributed by atoms with Gasteiger partial charge in [0.25, 0.3) is 0 Å². The predicted molar refractivity (Wildman–Crippen MR) is 106 cm³/mol. The maximum Gasteiger partial charge on any atom is 0.413 e. The molecule has 1 aliphatic rings. The van der Waals surface area contributed by atoms with Crippen molar-refractivity contribution in [3.05, 3.63) is 60.4 Å². The van der Waals surface area contributed by atoms with E-state index in [0.717, 1.165) is 37.8 Å². The molecule has 0 radical (unpaired) electrons. The number of rotatable bonds is 5. The summed E-state index contributed by atoms with van der Waals surface area (Å²) in [6.07, 6.45) is 3.97. The Balaban J connectivity index is 1.67. The third-order valence-corrected chi connectivity index (χ3v) is 5.21. The molecule has 3 aromatic rings. The monoisotopic (exact) mass is 393 g/mol. The minimum Gasteiger partial charge on any atom is -0.494 e. The zero-order valence-corrected chi connectivity index (χ0v) is 16.2. The number of carbonyl (C=O) groups is 1. The lowest BCUT2D eigenvalue weighted by atomic mass is 9.81. The molecule has 1 amide bonds. The molecule has 1 aliphatic carbocycles. The van der Waals surface area contributed by atoms with E-state index in [0.29, 0.717) is 17.3 Å². The van der Waals surface area contributed by atoms with E-state index in [1.807, 2.05) is 42.5 Å². The molecular formula is C21H23N5O3. The minimum absolute atomic E-state index is 0.486. The van der Waals surface area contributed by atoms with E-state index in [1.54, 1.807) is 23.9 Å². The van der Waals surface area contributed by atoms with Crippen LogP contribution in [0.15, 0.2) is 54.6 Å². The van der Waals surface area contributed by atoms with Gasteiger partial charge >= 0.3 is 6.09 Å². The van der Waals surface area contributed by atoms with Gasteiger partial charge in [0.05, 0.1) is 7.11 Å². The lowest BCUT2D eigenvalue weighted by molar-refractivity contribution is 0.162. The second kappa shape index (κ2) is 8.30. The Morgan fingerprint density at radius 1 is 1.03 bits per heavy atom. The summed E-state index contributed by atoms with van der Waals surface area (Å²) in [5, 5.41) is 15.5. The fraction of sp³-hybridized carbons (Fsp3) is 0.333. The average Bonchev–Trinajstić information content (AvgIpc) is 3.25. The number of hydrogen-bond donors (Lipinski definition) is 1. The molecule has 4 rings (SSSR count). The van der Waals surface area contributed by atoms with Crippen LogP contribution in [0.3, 0.4) is 0 Å². The maximum absolute atomic E-state index is 12.7. The van der Waals surface area contributed by atoms with Crippen LogP contribution in [-0.2, 0) is 5.54 Å². The Kier molecular flexibility index (Phi) is 5.41. The van der Waals surface area contributed by atoms with Crippen LogP contribution >= 0.6 is 0 Å². The van der Waals surface area contributed by atoms with E-state index < -0.39 is 11.6 Å². The molecule has 0 spiro atoms. The highest BCUT2D eigenvalue weighted by Crippen LogP contribution is 2.37. The first kappa shape index (κ1) is 18.9. The van der Waals surface area contributed by atoms with Crippen LogP contribution in [0.1, 0.15) is 37.9 Å². The number of aromatic nitrogens is 4. The molecule has 0 aliphatic heterocycles. The van der Waals surface area contributed by atoms with Gasteiger partial charge in [-0.15, -0.1) is 5.10 Å². The number of amides is 1. The van der Waals surface area contributed by atoms with Gasteiger partial charge in [0.1, 0.15) is 22.7 Å². The number of para-hydroxylation sites is 3. The van der Waals surface area contributed by atoms with Crippen molar-refractivity contribution in [1.29, 1.82) is 0 Å². The van der Waals surface area contributed by atoms with Crippen molar-refractivity contribution < 1.29 is 14.3 Å². The van der Waals surface area contributed by atoms with Gasteiger partial charge in [0.2, 0.25) is 0 Å². The zero-order chi connectivity index (χ0) is 20.1. The highest BCUT2D eigenvalue weighted by atomic mass is 16.6. The van der Waals surface area contributed by atoms with Crippen molar-refractivity contribution in [2.24, 2.45) is 0 Å². The summed E-state index contributed by atoms with van der Waals surface area (Å²) in [6.45, 7) is 0. The SMILES string of the molecule is COc1ccccc1-n1nnnc1C1(NC(=O)Oc2ccccc2)CCCCC1. The number of hydrogen-bond acceptors (Lipinski definition) is 6. The summed E-state index contributed by atoms with van der Waals surface area (Å²) in [6, 6.07) is 16.5. The quantitative estimate of drug-likeness (QED) is 0.712. The standard InChI is InChI=1S/C21H23N5O3/c1-28-18-13-7-6-12-17(18)26-19(23-24-25-26)21(14-8-3-9-15-21)22-20(27)29-16-10-4-2-5-11-16/h2,4-7,10-13H,3,8-9,14-15H2,1H3,(H,22,27). The van der Waals surface area contributed by atoms with Crippen LogP contribution in [0.25, 0.3) is 5.69 Å². The normalized spacial score (nSPS) is 15.5. The van der Waals surface area contributed by atoms with E-state index in [2.05, 4.69) is 20.8 Å². The van der Waals surface area contributed by atoms with Crippen molar-refractivity contribution >= 4 is 6.09 Å². The number of methoxy groups -OCH3 is 1. The molecule has 1 saturated carbocycles. The Labute approximate surface area is 168 Å². The summed E-state index contributed by atoms with van der Waals surface area (Å²) < 4.78 is 12.6. The number of tetrazole rings is 1.